The Bertz CT molecular complexity index is 1210. The minimum atomic E-state index is -0.158. The Morgan fingerprint density at radius 2 is 1.84 bits per heavy atom. The number of anilines is 1. The molecule has 4 rings (SSSR count). The standard InChI is InChI=1S/C23H19ClN4O3S/c1-30-20-7-2-3-8-21(20)31-19-11-9-17(10-12-19)26-22(29)14-32-23-27-25-15-28(23)18-6-4-5-16(24)13-18/h2-13,15H,14H2,1H3,(H,26,29). The summed E-state index contributed by atoms with van der Waals surface area (Å²) >= 11 is 7.35. The predicted octanol–water partition coefficient (Wildman–Crippen LogP) is 5.45. The van der Waals surface area contributed by atoms with Crippen LogP contribution in [0.25, 0.3) is 5.69 Å². The van der Waals surface area contributed by atoms with Crippen LogP contribution in [0.3, 0.4) is 0 Å². The molecule has 162 valence electrons. The van der Waals surface area contributed by atoms with Crippen molar-refractivity contribution < 1.29 is 14.3 Å². The highest BCUT2D eigenvalue weighted by Crippen LogP contribution is 2.31. The largest absolute Gasteiger partial charge is 0.493 e. The maximum atomic E-state index is 12.4. The molecule has 0 aliphatic heterocycles. The molecule has 1 amide bonds. The van der Waals surface area contributed by atoms with Crippen molar-refractivity contribution in [1.29, 1.82) is 0 Å². The van der Waals surface area contributed by atoms with Crippen molar-refractivity contribution in [3.05, 3.63) is 84.1 Å². The number of rotatable bonds is 8. The zero-order valence-corrected chi connectivity index (χ0v) is 18.6. The Hall–Kier alpha value is -3.49. The smallest absolute Gasteiger partial charge is 0.234 e. The molecule has 4 aromatic rings. The highest BCUT2D eigenvalue weighted by Gasteiger charge is 2.11. The van der Waals surface area contributed by atoms with Crippen molar-refractivity contribution in [2.45, 2.75) is 5.16 Å². The first kappa shape index (κ1) is 21.7. The highest BCUT2D eigenvalue weighted by atomic mass is 35.5. The molecule has 0 spiro atoms. The van der Waals surface area contributed by atoms with Gasteiger partial charge in [-0.05, 0) is 54.6 Å². The molecule has 1 heterocycles. The third-order valence-electron chi connectivity index (χ3n) is 4.37. The first-order chi connectivity index (χ1) is 15.6. The molecular weight excluding hydrogens is 448 g/mol. The molecule has 1 aromatic heterocycles. The number of amides is 1. The highest BCUT2D eigenvalue weighted by molar-refractivity contribution is 7.99. The van der Waals surface area contributed by atoms with Crippen molar-refractivity contribution in [1.82, 2.24) is 14.8 Å². The lowest BCUT2D eigenvalue weighted by molar-refractivity contribution is -0.113. The van der Waals surface area contributed by atoms with Crippen LogP contribution in [0.2, 0.25) is 5.02 Å². The average Bonchev–Trinajstić information content (AvgIpc) is 3.28. The Balaban J connectivity index is 1.34. The summed E-state index contributed by atoms with van der Waals surface area (Å²) in [6, 6.07) is 21.9. The average molecular weight is 467 g/mol. The number of hydrogen-bond donors (Lipinski definition) is 1. The van der Waals surface area contributed by atoms with Crippen LogP contribution < -0.4 is 14.8 Å². The number of benzene rings is 3. The summed E-state index contributed by atoms with van der Waals surface area (Å²) in [5.41, 5.74) is 1.50. The van der Waals surface area contributed by atoms with E-state index in [0.717, 1.165) is 5.69 Å². The lowest BCUT2D eigenvalue weighted by Gasteiger charge is -2.11. The zero-order valence-electron chi connectivity index (χ0n) is 17.1. The second kappa shape index (κ2) is 10.2. The quantitative estimate of drug-likeness (QED) is 0.348. The SMILES string of the molecule is COc1ccccc1Oc1ccc(NC(=O)CSc2nncn2-c2cccc(Cl)c2)cc1. The normalized spacial score (nSPS) is 10.6. The van der Waals surface area contributed by atoms with Gasteiger partial charge in [0.2, 0.25) is 5.91 Å². The molecule has 1 N–H and O–H groups in total. The van der Waals surface area contributed by atoms with Crippen molar-refractivity contribution in [2.75, 3.05) is 18.2 Å². The van der Waals surface area contributed by atoms with E-state index in [0.29, 0.717) is 33.1 Å². The monoisotopic (exact) mass is 466 g/mol. The van der Waals surface area contributed by atoms with E-state index < -0.39 is 0 Å². The predicted molar refractivity (Wildman–Crippen MR) is 125 cm³/mol. The zero-order chi connectivity index (χ0) is 22.3. The molecular formula is C23H19ClN4O3S. The van der Waals surface area contributed by atoms with Gasteiger partial charge in [0.1, 0.15) is 12.1 Å². The summed E-state index contributed by atoms with van der Waals surface area (Å²) in [7, 11) is 1.59. The van der Waals surface area contributed by atoms with E-state index in [9.17, 15) is 4.79 Å². The maximum Gasteiger partial charge on any atom is 0.234 e. The number of nitrogens with zero attached hydrogens (tertiary/aromatic N) is 3. The topological polar surface area (TPSA) is 78.3 Å². The van der Waals surface area contributed by atoms with E-state index in [2.05, 4.69) is 15.5 Å². The first-order valence-electron chi connectivity index (χ1n) is 9.62. The van der Waals surface area contributed by atoms with E-state index in [1.165, 1.54) is 11.8 Å². The van der Waals surface area contributed by atoms with Gasteiger partial charge in [-0.25, -0.2) is 0 Å². The van der Waals surface area contributed by atoms with Gasteiger partial charge in [0.05, 0.1) is 18.6 Å². The fraction of sp³-hybridized carbons (Fsp3) is 0.0870. The fourth-order valence-electron chi connectivity index (χ4n) is 2.89. The third-order valence-corrected chi connectivity index (χ3v) is 5.55. The van der Waals surface area contributed by atoms with E-state index in [1.807, 2.05) is 42.5 Å². The van der Waals surface area contributed by atoms with Gasteiger partial charge in [-0.3, -0.25) is 9.36 Å². The van der Waals surface area contributed by atoms with Gasteiger partial charge in [-0.2, -0.15) is 0 Å². The second-order valence-electron chi connectivity index (χ2n) is 6.58. The molecule has 0 radical (unpaired) electrons. The van der Waals surface area contributed by atoms with Crippen LogP contribution in [0.15, 0.2) is 84.3 Å². The number of halogens is 1. The van der Waals surface area contributed by atoms with Crippen LogP contribution in [-0.4, -0.2) is 33.5 Å². The van der Waals surface area contributed by atoms with Crippen LogP contribution in [0.5, 0.6) is 17.2 Å². The minimum Gasteiger partial charge on any atom is -0.493 e. The Morgan fingerprint density at radius 1 is 1.06 bits per heavy atom. The number of thioether (sulfide) groups is 1. The summed E-state index contributed by atoms with van der Waals surface area (Å²) < 4.78 is 12.9. The molecule has 0 aliphatic rings. The van der Waals surface area contributed by atoms with Crippen molar-refractivity contribution in [3.63, 3.8) is 0 Å². The maximum absolute atomic E-state index is 12.4. The van der Waals surface area contributed by atoms with Gasteiger partial charge >= 0.3 is 0 Å². The van der Waals surface area contributed by atoms with Gasteiger partial charge in [-0.15, -0.1) is 10.2 Å². The van der Waals surface area contributed by atoms with Crippen molar-refractivity contribution >= 4 is 35.0 Å². The number of carbonyl (C=O) groups excluding carboxylic acids is 1. The van der Waals surface area contributed by atoms with Gasteiger partial charge in [0, 0.05) is 10.7 Å². The summed E-state index contributed by atoms with van der Waals surface area (Å²) in [5.74, 6) is 1.92. The number of ether oxygens (including phenoxy) is 2. The third kappa shape index (κ3) is 5.40. The van der Waals surface area contributed by atoms with Crippen LogP contribution in [0, 0.1) is 0 Å². The number of nitrogens with one attached hydrogen (secondary N) is 1. The van der Waals surface area contributed by atoms with E-state index in [-0.39, 0.29) is 11.7 Å². The lowest BCUT2D eigenvalue weighted by Crippen LogP contribution is -2.14. The molecule has 0 atom stereocenters. The van der Waals surface area contributed by atoms with Gasteiger partial charge < -0.3 is 14.8 Å². The van der Waals surface area contributed by atoms with Crippen molar-refractivity contribution in [3.8, 4) is 22.9 Å². The van der Waals surface area contributed by atoms with Crippen LogP contribution in [-0.2, 0) is 4.79 Å². The Morgan fingerprint density at radius 3 is 2.59 bits per heavy atom. The molecule has 9 heteroatoms. The van der Waals surface area contributed by atoms with E-state index in [4.69, 9.17) is 21.1 Å². The summed E-state index contributed by atoms with van der Waals surface area (Å²) in [5, 5.41) is 12.1. The summed E-state index contributed by atoms with van der Waals surface area (Å²) in [6.45, 7) is 0. The molecule has 0 unspecified atom stereocenters. The fourth-order valence-corrected chi connectivity index (χ4v) is 3.80. The van der Waals surface area contributed by atoms with E-state index in [1.54, 1.807) is 48.3 Å². The molecule has 0 bridgehead atoms. The van der Waals surface area contributed by atoms with Crippen LogP contribution >= 0.6 is 23.4 Å². The molecule has 0 aliphatic carbocycles. The first-order valence-corrected chi connectivity index (χ1v) is 11.0. The Kier molecular flexibility index (Phi) is 6.94. The molecule has 0 saturated heterocycles. The molecule has 0 fully saturated rings. The number of carbonyl (C=O) groups is 1. The second-order valence-corrected chi connectivity index (χ2v) is 7.96. The van der Waals surface area contributed by atoms with Crippen molar-refractivity contribution in [2.24, 2.45) is 0 Å². The minimum absolute atomic E-state index is 0.158. The number of hydrogen-bond acceptors (Lipinski definition) is 6. The Labute approximate surface area is 194 Å². The lowest BCUT2D eigenvalue weighted by atomic mass is 10.3. The van der Waals surface area contributed by atoms with Gasteiger partial charge in [0.15, 0.2) is 16.7 Å². The number of methoxy groups -OCH3 is 1. The molecule has 7 nitrogen and oxygen atoms in total. The summed E-state index contributed by atoms with van der Waals surface area (Å²) in [6.07, 6.45) is 1.59. The van der Waals surface area contributed by atoms with Gasteiger partial charge in [0.25, 0.3) is 0 Å². The number of para-hydroxylation sites is 2. The van der Waals surface area contributed by atoms with Crippen LogP contribution in [0.1, 0.15) is 0 Å². The van der Waals surface area contributed by atoms with E-state index >= 15 is 0 Å². The molecule has 0 saturated carbocycles. The molecule has 32 heavy (non-hydrogen) atoms. The van der Waals surface area contributed by atoms with Crippen LogP contribution in [0.4, 0.5) is 5.69 Å². The van der Waals surface area contributed by atoms with Gasteiger partial charge in [-0.1, -0.05) is 41.6 Å². The molecule has 3 aromatic carbocycles. The summed E-state index contributed by atoms with van der Waals surface area (Å²) in [4.78, 5) is 12.4. The number of aromatic nitrogens is 3.